The van der Waals surface area contributed by atoms with E-state index in [0.717, 1.165) is 5.56 Å². The molecule has 0 aliphatic carbocycles. The van der Waals surface area contributed by atoms with E-state index >= 15 is 0 Å². The molecule has 2 aromatic rings. The number of ether oxygens (including phenoxy) is 2. The monoisotopic (exact) mass is 429 g/mol. The quantitative estimate of drug-likeness (QED) is 0.741. The summed E-state index contributed by atoms with van der Waals surface area (Å²) in [4.78, 5) is 14.9. The summed E-state index contributed by atoms with van der Waals surface area (Å²) >= 11 is 0. The lowest BCUT2D eigenvalue weighted by Gasteiger charge is -2.51. The molecule has 6 nitrogen and oxygen atoms in total. The van der Waals surface area contributed by atoms with Gasteiger partial charge in [-0.25, -0.2) is 8.42 Å². The number of piperidine rings is 1. The Balaban J connectivity index is 1.85. The molecule has 1 amide bonds. The first kappa shape index (κ1) is 20.7. The number of carbonyl (C=O) groups excluding carboxylic acids is 1. The van der Waals surface area contributed by atoms with Crippen molar-refractivity contribution in [2.75, 3.05) is 14.2 Å². The van der Waals surface area contributed by atoms with Gasteiger partial charge in [0.1, 0.15) is 11.5 Å². The molecule has 4 rings (SSSR count). The Morgan fingerprint density at radius 3 is 2.43 bits per heavy atom. The Bertz CT molecular complexity index is 1090. The molecule has 0 aromatic heterocycles. The van der Waals surface area contributed by atoms with E-state index in [9.17, 15) is 13.2 Å². The number of likely N-dealkylation sites (tertiary alicyclic amines) is 1. The molecule has 0 N–H and O–H groups in total. The first-order chi connectivity index (χ1) is 14.1. The smallest absolute Gasteiger partial charge is 0.244 e. The lowest BCUT2D eigenvalue weighted by atomic mass is 9.80. The molecular weight excluding hydrogens is 402 g/mol. The molecular formula is C23H27NO5S. The van der Waals surface area contributed by atoms with Crippen LogP contribution in [0.15, 0.2) is 47.4 Å². The molecule has 0 unspecified atom stereocenters. The highest BCUT2D eigenvalue weighted by molar-refractivity contribution is 7.92. The fraction of sp³-hybridized carbons (Fsp3) is 0.435. The number of amides is 1. The van der Waals surface area contributed by atoms with Gasteiger partial charge < -0.3 is 14.4 Å². The summed E-state index contributed by atoms with van der Waals surface area (Å²) in [5.74, 6) is 0.510. The molecule has 2 aliphatic rings. The molecule has 2 aliphatic heterocycles. The summed E-state index contributed by atoms with van der Waals surface area (Å²) in [5, 5.41) is -1.21. The molecule has 2 bridgehead atoms. The van der Waals surface area contributed by atoms with Crippen molar-refractivity contribution in [3.8, 4) is 11.5 Å². The van der Waals surface area contributed by atoms with Gasteiger partial charge in [-0.3, -0.25) is 4.79 Å². The molecule has 0 spiro atoms. The standard InChI is InChI=1S/C23H27NO5S/c1-14(2)15-6-9-17(10-7-15)30(26,27)21-19-13-23(3,24(4)22(21)25)29-20-11-8-16(28-5)12-18(19)20/h6-12,14,19,21H,13H2,1-5H3/t19-,21-,23+/m1/s1. The van der Waals surface area contributed by atoms with E-state index in [-0.39, 0.29) is 4.90 Å². The van der Waals surface area contributed by atoms with E-state index in [1.54, 1.807) is 44.5 Å². The first-order valence-corrected chi connectivity index (χ1v) is 11.6. The maximum absolute atomic E-state index is 13.7. The second-order valence-electron chi connectivity index (χ2n) is 8.58. The zero-order valence-corrected chi connectivity index (χ0v) is 18.7. The van der Waals surface area contributed by atoms with E-state index in [4.69, 9.17) is 9.47 Å². The van der Waals surface area contributed by atoms with Gasteiger partial charge in [-0.1, -0.05) is 26.0 Å². The normalized spacial score (nSPS) is 25.7. The van der Waals surface area contributed by atoms with Crippen molar-refractivity contribution < 1.29 is 22.7 Å². The molecule has 7 heteroatoms. The van der Waals surface area contributed by atoms with Crippen LogP contribution in [0.2, 0.25) is 0 Å². The average Bonchev–Trinajstić information content (AvgIpc) is 2.72. The number of benzene rings is 2. The van der Waals surface area contributed by atoms with Crippen LogP contribution in [-0.4, -0.2) is 44.4 Å². The predicted octanol–water partition coefficient (Wildman–Crippen LogP) is 3.72. The van der Waals surface area contributed by atoms with Gasteiger partial charge in [-0.2, -0.15) is 0 Å². The first-order valence-electron chi connectivity index (χ1n) is 10.1. The minimum atomic E-state index is -3.91. The molecule has 0 saturated carbocycles. The maximum Gasteiger partial charge on any atom is 0.244 e. The largest absolute Gasteiger partial charge is 0.497 e. The number of nitrogens with zero attached hydrogens (tertiary/aromatic N) is 1. The number of carbonyl (C=O) groups is 1. The van der Waals surface area contributed by atoms with Crippen LogP contribution in [0.4, 0.5) is 0 Å². The van der Waals surface area contributed by atoms with Crippen LogP contribution in [0.3, 0.4) is 0 Å². The van der Waals surface area contributed by atoms with Crippen LogP contribution in [0.1, 0.15) is 50.2 Å². The molecule has 30 heavy (non-hydrogen) atoms. The Morgan fingerprint density at radius 2 is 1.83 bits per heavy atom. The lowest BCUT2D eigenvalue weighted by Crippen LogP contribution is -2.64. The van der Waals surface area contributed by atoms with E-state index in [1.165, 1.54) is 4.90 Å². The van der Waals surface area contributed by atoms with Gasteiger partial charge >= 0.3 is 0 Å². The SMILES string of the molecule is COc1ccc2c(c1)[C@H]1C[C@](C)(O2)N(C)C(=O)[C@@H]1S(=O)(=O)c1ccc(C(C)C)cc1. The highest BCUT2D eigenvalue weighted by Crippen LogP contribution is 2.50. The number of hydrogen-bond acceptors (Lipinski definition) is 5. The van der Waals surface area contributed by atoms with Crippen molar-refractivity contribution in [3.05, 3.63) is 53.6 Å². The van der Waals surface area contributed by atoms with Crippen molar-refractivity contribution in [2.45, 2.75) is 54.9 Å². The van der Waals surface area contributed by atoms with Crippen LogP contribution in [0.25, 0.3) is 0 Å². The van der Waals surface area contributed by atoms with Gasteiger partial charge in [0.25, 0.3) is 0 Å². The van der Waals surface area contributed by atoms with Crippen LogP contribution in [-0.2, 0) is 14.6 Å². The Morgan fingerprint density at radius 1 is 1.17 bits per heavy atom. The number of rotatable bonds is 4. The molecule has 3 atom stereocenters. The Labute approximate surface area is 177 Å². The minimum absolute atomic E-state index is 0.165. The highest BCUT2D eigenvalue weighted by Gasteiger charge is 2.57. The van der Waals surface area contributed by atoms with Crippen molar-refractivity contribution in [1.29, 1.82) is 0 Å². The van der Waals surface area contributed by atoms with Crippen molar-refractivity contribution >= 4 is 15.7 Å². The van der Waals surface area contributed by atoms with Gasteiger partial charge in [-0.15, -0.1) is 0 Å². The zero-order chi connectivity index (χ0) is 21.8. The minimum Gasteiger partial charge on any atom is -0.497 e. The third-order valence-corrected chi connectivity index (χ3v) is 8.53. The molecule has 0 radical (unpaired) electrons. The van der Waals surface area contributed by atoms with Crippen molar-refractivity contribution in [2.24, 2.45) is 0 Å². The van der Waals surface area contributed by atoms with Crippen LogP contribution in [0, 0.1) is 0 Å². The second-order valence-corrected chi connectivity index (χ2v) is 10.6. The van der Waals surface area contributed by atoms with Crippen molar-refractivity contribution in [1.82, 2.24) is 4.90 Å². The van der Waals surface area contributed by atoms with Crippen LogP contribution < -0.4 is 9.47 Å². The van der Waals surface area contributed by atoms with E-state index < -0.39 is 32.6 Å². The van der Waals surface area contributed by atoms with Gasteiger partial charge in [0.2, 0.25) is 5.91 Å². The number of sulfone groups is 1. The molecule has 2 aromatic carbocycles. The Kier molecular flexibility index (Phi) is 4.84. The van der Waals surface area contributed by atoms with E-state index in [2.05, 4.69) is 13.8 Å². The molecule has 2 heterocycles. The fourth-order valence-electron chi connectivity index (χ4n) is 4.44. The van der Waals surface area contributed by atoms with E-state index in [1.807, 2.05) is 19.1 Å². The number of hydrogen-bond donors (Lipinski definition) is 0. The van der Waals surface area contributed by atoms with Crippen LogP contribution >= 0.6 is 0 Å². The van der Waals surface area contributed by atoms with Gasteiger partial charge in [0, 0.05) is 24.9 Å². The second kappa shape index (κ2) is 7.01. The number of fused-ring (bicyclic) bond motifs is 4. The average molecular weight is 430 g/mol. The molecule has 1 fully saturated rings. The molecule has 160 valence electrons. The topological polar surface area (TPSA) is 72.9 Å². The number of methoxy groups -OCH3 is 1. The summed E-state index contributed by atoms with van der Waals surface area (Å²) in [5.41, 5.74) is 0.854. The summed E-state index contributed by atoms with van der Waals surface area (Å²) in [6.45, 7) is 5.93. The molecule has 1 saturated heterocycles. The summed E-state index contributed by atoms with van der Waals surface area (Å²) in [6, 6.07) is 12.2. The van der Waals surface area contributed by atoms with Gasteiger partial charge in [-0.05, 0) is 48.7 Å². The summed E-state index contributed by atoms with van der Waals surface area (Å²) in [7, 11) is -0.750. The third kappa shape index (κ3) is 3.07. The van der Waals surface area contributed by atoms with Crippen molar-refractivity contribution in [3.63, 3.8) is 0 Å². The van der Waals surface area contributed by atoms with Gasteiger partial charge in [0.15, 0.2) is 20.8 Å². The summed E-state index contributed by atoms with van der Waals surface area (Å²) < 4.78 is 38.8. The zero-order valence-electron chi connectivity index (χ0n) is 17.9. The predicted molar refractivity (Wildman–Crippen MR) is 114 cm³/mol. The Hall–Kier alpha value is -2.54. The van der Waals surface area contributed by atoms with E-state index in [0.29, 0.717) is 29.4 Å². The third-order valence-electron chi connectivity index (χ3n) is 6.40. The maximum atomic E-state index is 13.7. The summed E-state index contributed by atoms with van der Waals surface area (Å²) in [6.07, 6.45) is 0.392. The fourth-order valence-corrected chi connectivity index (χ4v) is 6.35. The lowest BCUT2D eigenvalue weighted by molar-refractivity contribution is -0.159. The highest BCUT2D eigenvalue weighted by atomic mass is 32.2. The van der Waals surface area contributed by atoms with Gasteiger partial charge in [0.05, 0.1) is 12.0 Å². The van der Waals surface area contributed by atoms with Crippen LogP contribution in [0.5, 0.6) is 11.5 Å².